The summed E-state index contributed by atoms with van der Waals surface area (Å²) in [4.78, 5) is 0. The molecular weight excluding hydrogens is 292 g/mol. The van der Waals surface area contributed by atoms with E-state index in [2.05, 4.69) is 0 Å². The molecule has 0 spiro atoms. The second kappa shape index (κ2) is 6.12. The molecular formula is C14H28N2O4S. The maximum Gasteiger partial charge on any atom is 0.282 e. The van der Waals surface area contributed by atoms with Gasteiger partial charge in [-0.05, 0) is 18.8 Å². The Labute approximate surface area is 128 Å². The van der Waals surface area contributed by atoms with E-state index >= 15 is 0 Å². The molecule has 2 aliphatic rings. The third kappa shape index (κ3) is 3.12. The normalized spacial score (nSPS) is 33.9. The topological polar surface area (TPSA) is 70.1 Å². The predicted octanol–water partition coefficient (Wildman–Crippen LogP) is 0.681. The molecule has 21 heavy (non-hydrogen) atoms. The monoisotopic (exact) mass is 320 g/mol. The predicted molar refractivity (Wildman–Crippen MR) is 81.0 cm³/mol. The lowest BCUT2D eigenvalue weighted by atomic mass is 9.82. The number of nitrogens with zero attached hydrogens (tertiary/aromatic N) is 2. The maximum absolute atomic E-state index is 12.7. The first kappa shape index (κ1) is 17.1. The van der Waals surface area contributed by atoms with E-state index in [0.717, 1.165) is 12.8 Å². The van der Waals surface area contributed by atoms with Crippen molar-refractivity contribution in [2.24, 2.45) is 11.8 Å². The zero-order valence-corrected chi connectivity index (χ0v) is 14.3. The van der Waals surface area contributed by atoms with Gasteiger partial charge in [-0.3, -0.25) is 0 Å². The van der Waals surface area contributed by atoms with E-state index < -0.39 is 15.8 Å². The smallest absolute Gasteiger partial charge is 0.282 e. The van der Waals surface area contributed by atoms with Gasteiger partial charge in [-0.1, -0.05) is 20.8 Å². The summed E-state index contributed by atoms with van der Waals surface area (Å²) in [5.74, 6) is -0.0179. The van der Waals surface area contributed by atoms with E-state index in [0.29, 0.717) is 19.6 Å². The minimum absolute atomic E-state index is 0.0342. The fraction of sp³-hybridized carbons (Fsp3) is 1.00. The minimum atomic E-state index is -3.48. The van der Waals surface area contributed by atoms with E-state index in [1.807, 2.05) is 20.8 Å². The number of hydrogen-bond acceptors (Lipinski definition) is 4. The van der Waals surface area contributed by atoms with E-state index in [9.17, 15) is 13.5 Å². The number of aliphatic hydroxyl groups is 1. The molecule has 1 N–H and O–H groups in total. The highest BCUT2D eigenvalue weighted by Gasteiger charge is 2.49. The lowest BCUT2D eigenvalue weighted by Gasteiger charge is -2.34. The van der Waals surface area contributed by atoms with Crippen molar-refractivity contribution in [2.75, 3.05) is 33.3 Å². The van der Waals surface area contributed by atoms with Gasteiger partial charge in [-0.2, -0.15) is 17.0 Å². The highest BCUT2D eigenvalue weighted by atomic mass is 32.2. The van der Waals surface area contributed by atoms with Crippen molar-refractivity contribution in [3.05, 3.63) is 0 Å². The zero-order chi connectivity index (χ0) is 15.8. The molecule has 2 atom stereocenters. The van der Waals surface area contributed by atoms with Crippen LogP contribution in [0.1, 0.15) is 33.6 Å². The molecule has 0 aromatic carbocycles. The molecule has 0 unspecified atom stereocenters. The van der Waals surface area contributed by atoms with Crippen LogP contribution in [0.3, 0.4) is 0 Å². The third-order valence-electron chi connectivity index (χ3n) is 5.15. The average Bonchev–Trinajstić information content (AvgIpc) is 2.77. The highest BCUT2D eigenvalue weighted by molar-refractivity contribution is 7.86. The molecule has 7 heteroatoms. The van der Waals surface area contributed by atoms with Crippen molar-refractivity contribution in [3.63, 3.8) is 0 Å². The molecule has 0 aromatic heterocycles. The van der Waals surface area contributed by atoms with Crippen molar-refractivity contribution in [1.29, 1.82) is 0 Å². The lowest BCUT2D eigenvalue weighted by Crippen LogP contribution is -2.49. The Morgan fingerprint density at radius 1 is 1.24 bits per heavy atom. The Bertz CT molecular complexity index is 460. The Hall–Kier alpha value is -0.210. The van der Waals surface area contributed by atoms with Crippen molar-refractivity contribution in [1.82, 2.24) is 8.61 Å². The average molecular weight is 320 g/mol. The van der Waals surface area contributed by atoms with Gasteiger partial charge in [0.1, 0.15) is 0 Å². The standard InChI is InChI=1S/C14H28N2O4S/c1-11(2)14(17)10-16(9-12(14)3)21(18,19)15-7-5-13(20-4)6-8-15/h11-13,17H,5-10H2,1-4H3/t12-,14-/m1/s1. The van der Waals surface area contributed by atoms with E-state index in [4.69, 9.17) is 4.74 Å². The van der Waals surface area contributed by atoms with E-state index in [-0.39, 0.29) is 24.5 Å². The summed E-state index contributed by atoms with van der Waals surface area (Å²) in [6, 6.07) is 0. The van der Waals surface area contributed by atoms with Crippen LogP contribution in [0.15, 0.2) is 0 Å². The van der Waals surface area contributed by atoms with Crippen LogP contribution >= 0.6 is 0 Å². The second-order valence-electron chi connectivity index (χ2n) is 6.68. The number of rotatable bonds is 4. The molecule has 6 nitrogen and oxygen atoms in total. The molecule has 0 amide bonds. The fourth-order valence-corrected chi connectivity index (χ4v) is 5.14. The van der Waals surface area contributed by atoms with Crippen molar-refractivity contribution < 1.29 is 18.3 Å². The number of piperidine rings is 1. The lowest BCUT2D eigenvalue weighted by molar-refractivity contribution is -0.0225. The molecule has 2 fully saturated rings. The third-order valence-corrected chi connectivity index (χ3v) is 7.10. The van der Waals surface area contributed by atoms with Crippen LogP contribution in [-0.4, -0.2) is 67.1 Å². The van der Waals surface area contributed by atoms with Gasteiger partial charge in [0.05, 0.1) is 11.7 Å². The van der Waals surface area contributed by atoms with Gasteiger partial charge in [0, 0.05) is 39.2 Å². The number of hydrogen-bond donors (Lipinski definition) is 1. The molecule has 124 valence electrons. The number of ether oxygens (including phenoxy) is 1. The first-order valence-electron chi connectivity index (χ1n) is 7.72. The Morgan fingerprint density at radius 3 is 2.24 bits per heavy atom. The molecule has 0 radical (unpaired) electrons. The molecule has 2 aliphatic heterocycles. The van der Waals surface area contributed by atoms with Crippen LogP contribution in [-0.2, 0) is 14.9 Å². The minimum Gasteiger partial charge on any atom is -0.388 e. The van der Waals surface area contributed by atoms with E-state index in [1.165, 1.54) is 8.61 Å². The quantitative estimate of drug-likeness (QED) is 0.827. The van der Waals surface area contributed by atoms with Crippen LogP contribution in [0.4, 0.5) is 0 Å². The van der Waals surface area contributed by atoms with Crippen LogP contribution in [0.5, 0.6) is 0 Å². The fourth-order valence-electron chi connectivity index (χ4n) is 3.36. The summed E-state index contributed by atoms with van der Waals surface area (Å²) >= 11 is 0. The summed E-state index contributed by atoms with van der Waals surface area (Å²) in [5, 5.41) is 10.7. The summed E-state index contributed by atoms with van der Waals surface area (Å²) < 4.78 is 33.7. The van der Waals surface area contributed by atoms with Gasteiger partial charge >= 0.3 is 0 Å². The van der Waals surface area contributed by atoms with Crippen LogP contribution in [0.2, 0.25) is 0 Å². The van der Waals surface area contributed by atoms with Gasteiger partial charge in [0.15, 0.2) is 0 Å². The second-order valence-corrected chi connectivity index (χ2v) is 8.61. The van der Waals surface area contributed by atoms with Crippen molar-refractivity contribution in [2.45, 2.75) is 45.3 Å². The summed E-state index contributed by atoms with van der Waals surface area (Å²) in [5.41, 5.74) is -0.933. The summed E-state index contributed by atoms with van der Waals surface area (Å²) in [6.45, 7) is 7.37. The van der Waals surface area contributed by atoms with E-state index in [1.54, 1.807) is 7.11 Å². The van der Waals surface area contributed by atoms with Crippen molar-refractivity contribution in [3.8, 4) is 0 Å². The van der Waals surface area contributed by atoms with Gasteiger partial charge < -0.3 is 9.84 Å². The molecule has 0 saturated carbocycles. The molecule has 2 heterocycles. The Morgan fingerprint density at radius 2 is 1.81 bits per heavy atom. The van der Waals surface area contributed by atoms with Gasteiger partial charge in [0.2, 0.25) is 0 Å². The summed E-state index contributed by atoms with van der Waals surface area (Å²) in [6.07, 6.45) is 1.61. The van der Waals surface area contributed by atoms with Crippen LogP contribution in [0.25, 0.3) is 0 Å². The number of methoxy groups -OCH3 is 1. The molecule has 0 aromatic rings. The van der Waals surface area contributed by atoms with Gasteiger partial charge in [-0.15, -0.1) is 0 Å². The first-order chi connectivity index (χ1) is 9.71. The largest absolute Gasteiger partial charge is 0.388 e. The molecule has 0 bridgehead atoms. The molecule has 2 saturated heterocycles. The molecule has 0 aliphatic carbocycles. The SMILES string of the molecule is COC1CCN(S(=O)(=O)N2C[C@@H](C)[C@](O)(C(C)C)C2)CC1. The summed E-state index contributed by atoms with van der Waals surface area (Å²) in [7, 11) is -1.81. The maximum atomic E-state index is 12.7. The van der Waals surface area contributed by atoms with Gasteiger partial charge in [0.25, 0.3) is 10.2 Å². The van der Waals surface area contributed by atoms with Crippen LogP contribution < -0.4 is 0 Å². The van der Waals surface area contributed by atoms with Crippen LogP contribution in [0, 0.1) is 11.8 Å². The Balaban J connectivity index is 2.08. The first-order valence-corrected chi connectivity index (χ1v) is 9.12. The highest BCUT2D eigenvalue weighted by Crippen LogP contribution is 2.36. The van der Waals surface area contributed by atoms with Gasteiger partial charge in [-0.25, -0.2) is 0 Å². The Kier molecular flexibility index (Phi) is 5.00. The molecule has 2 rings (SSSR count). The zero-order valence-electron chi connectivity index (χ0n) is 13.4. The number of β-amino-alcohol motifs (C(OH)–C–C–N with tert-alkyl or cyclic N) is 1. The van der Waals surface area contributed by atoms with Crippen molar-refractivity contribution >= 4 is 10.2 Å².